The summed E-state index contributed by atoms with van der Waals surface area (Å²) in [6.07, 6.45) is -2.88. The molecule has 7 heteroatoms. The average Bonchev–Trinajstić information content (AvgIpc) is 2.27. The number of anilines is 1. The lowest BCUT2D eigenvalue weighted by molar-refractivity contribution is -0.139. The second-order valence-corrected chi connectivity index (χ2v) is 3.52. The summed E-state index contributed by atoms with van der Waals surface area (Å²) in [5.74, 6) is -0.721. The fourth-order valence-corrected chi connectivity index (χ4v) is 1.56. The molecule has 2 N–H and O–H groups in total. The van der Waals surface area contributed by atoms with Crippen LogP contribution in [0.5, 0.6) is 0 Å². The number of carbonyl (C=O) groups is 1. The molecule has 0 aromatic carbocycles. The van der Waals surface area contributed by atoms with Gasteiger partial charge in [0.1, 0.15) is 0 Å². The number of aromatic nitrogens is 1. The van der Waals surface area contributed by atoms with Crippen molar-refractivity contribution in [2.24, 2.45) is 0 Å². The van der Waals surface area contributed by atoms with E-state index in [1.807, 2.05) is 0 Å². The topological polar surface area (TPSA) is 65.2 Å². The molecule has 0 bridgehead atoms. The fraction of sp³-hybridized carbons (Fsp3) is 0.400. The van der Waals surface area contributed by atoms with Crippen molar-refractivity contribution < 1.29 is 18.3 Å². The van der Waals surface area contributed by atoms with Crippen LogP contribution in [-0.4, -0.2) is 18.1 Å². The Kier molecular flexibility index (Phi) is 4.62. The Morgan fingerprint density at radius 3 is 2.76 bits per heavy atom. The van der Waals surface area contributed by atoms with E-state index in [1.165, 1.54) is 13.2 Å². The standard InChI is InChI=1S/C10H11ClF2N2O2/c1-17-8(16)3-5-2-6(14)9(10(12)13)7(4-11)15-5/h2,10H,3-4H2,1H3,(H2,14,15). The number of hydrogen-bond donors (Lipinski definition) is 1. The Morgan fingerprint density at radius 2 is 2.29 bits per heavy atom. The van der Waals surface area contributed by atoms with Gasteiger partial charge in [0, 0.05) is 5.69 Å². The maximum atomic E-state index is 12.7. The highest BCUT2D eigenvalue weighted by atomic mass is 35.5. The molecule has 1 heterocycles. The van der Waals surface area contributed by atoms with Crippen molar-refractivity contribution in [1.29, 1.82) is 0 Å². The molecule has 0 saturated heterocycles. The Morgan fingerprint density at radius 1 is 1.65 bits per heavy atom. The maximum absolute atomic E-state index is 12.7. The van der Waals surface area contributed by atoms with E-state index in [2.05, 4.69) is 9.72 Å². The van der Waals surface area contributed by atoms with Crippen LogP contribution >= 0.6 is 11.6 Å². The van der Waals surface area contributed by atoms with Gasteiger partial charge in [-0.15, -0.1) is 11.6 Å². The van der Waals surface area contributed by atoms with Crippen LogP contribution in [0.1, 0.15) is 23.4 Å². The minimum Gasteiger partial charge on any atom is -0.469 e. The summed E-state index contributed by atoms with van der Waals surface area (Å²) in [5.41, 5.74) is 5.23. The third kappa shape index (κ3) is 3.26. The summed E-state index contributed by atoms with van der Waals surface area (Å²) in [7, 11) is 1.22. The van der Waals surface area contributed by atoms with Gasteiger partial charge in [0.2, 0.25) is 0 Å². The number of esters is 1. The van der Waals surface area contributed by atoms with Gasteiger partial charge in [-0.3, -0.25) is 9.78 Å². The fourth-order valence-electron chi connectivity index (χ4n) is 1.35. The second kappa shape index (κ2) is 5.77. The number of hydrogen-bond acceptors (Lipinski definition) is 4. The van der Waals surface area contributed by atoms with E-state index in [1.54, 1.807) is 0 Å². The number of rotatable bonds is 4. The highest BCUT2D eigenvalue weighted by Gasteiger charge is 2.19. The number of halogens is 3. The van der Waals surface area contributed by atoms with Crippen LogP contribution in [0.25, 0.3) is 0 Å². The largest absolute Gasteiger partial charge is 0.469 e. The van der Waals surface area contributed by atoms with Gasteiger partial charge in [0.15, 0.2) is 0 Å². The number of nitrogens with two attached hydrogens (primary N) is 1. The van der Waals surface area contributed by atoms with Crippen LogP contribution in [-0.2, 0) is 21.8 Å². The summed E-state index contributed by atoms with van der Waals surface area (Å²) in [4.78, 5) is 14.9. The van der Waals surface area contributed by atoms with E-state index >= 15 is 0 Å². The molecular weight excluding hydrogens is 254 g/mol. The molecule has 0 spiro atoms. The van der Waals surface area contributed by atoms with Crippen molar-refractivity contribution in [3.63, 3.8) is 0 Å². The van der Waals surface area contributed by atoms with Crippen LogP contribution in [0, 0.1) is 0 Å². The van der Waals surface area contributed by atoms with Gasteiger partial charge in [0.05, 0.1) is 36.4 Å². The molecule has 0 fully saturated rings. The summed E-state index contributed by atoms with van der Waals surface area (Å²) in [6.45, 7) is 0. The van der Waals surface area contributed by atoms with Gasteiger partial charge in [-0.1, -0.05) is 0 Å². The predicted molar refractivity (Wildman–Crippen MR) is 58.9 cm³/mol. The highest BCUT2D eigenvalue weighted by molar-refractivity contribution is 6.17. The average molecular weight is 265 g/mol. The molecule has 0 amide bonds. The Balaban J connectivity index is 3.13. The molecule has 0 aliphatic rings. The van der Waals surface area contributed by atoms with Crippen LogP contribution in [0.2, 0.25) is 0 Å². The van der Waals surface area contributed by atoms with E-state index in [0.717, 1.165) is 0 Å². The van der Waals surface area contributed by atoms with Crippen molar-refractivity contribution >= 4 is 23.3 Å². The molecule has 0 radical (unpaired) electrons. The quantitative estimate of drug-likeness (QED) is 0.668. The molecule has 94 valence electrons. The molecular formula is C10H11ClF2N2O2. The molecule has 0 aliphatic carbocycles. The lowest BCUT2D eigenvalue weighted by Gasteiger charge is -2.11. The Labute approximate surface area is 102 Å². The lowest BCUT2D eigenvalue weighted by Crippen LogP contribution is -2.10. The third-order valence-corrected chi connectivity index (χ3v) is 2.37. The Bertz CT molecular complexity index is 427. The van der Waals surface area contributed by atoms with E-state index in [0.29, 0.717) is 0 Å². The SMILES string of the molecule is COC(=O)Cc1cc(N)c(C(F)F)c(CCl)n1. The molecule has 1 aromatic heterocycles. The number of carbonyl (C=O) groups excluding carboxylic acids is 1. The molecule has 17 heavy (non-hydrogen) atoms. The minimum absolute atomic E-state index is 0.0134. The van der Waals surface area contributed by atoms with Crippen molar-refractivity contribution in [3.8, 4) is 0 Å². The van der Waals surface area contributed by atoms with Crippen molar-refractivity contribution in [3.05, 3.63) is 23.0 Å². The second-order valence-electron chi connectivity index (χ2n) is 3.25. The normalized spacial score (nSPS) is 10.6. The summed E-state index contributed by atoms with van der Waals surface area (Å²) < 4.78 is 29.8. The Hall–Kier alpha value is -1.43. The minimum atomic E-state index is -2.75. The van der Waals surface area contributed by atoms with Gasteiger partial charge in [-0.05, 0) is 6.07 Å². The van der Waals surface area contributed by atoms with Gasteiger partial charge >= 0.3 is 5.97 Å². The zero-order valence-electron chi connectivity index (χ0n) is 9.04. The maximum Gasteiger partial charge on any atom is 0.311 e. The van der Waals surface area contributed by atoms with Crippen molar-refractivity contribution in [2.45, 2.75) is 18.7 Å². The van der Waals surface area contributed by atoms with E-state index < -0.39 is 12.4 Å². The number of nitrogens with zero attached hydrogens (tertiary/aromatic N) is 1. The first-order valence-electron chi connectivity index (χ1n) is 4.68. The zero-order chi connectivity index (χ0) is 13.0. The smallest absolute Gasteiger partial charge is 0.311 e. The van der Waals surface area contributed by atoms with Crippen molar-refractivity contribution in [1.82, 2.24) is 4.98 Å². The number of nitrogen functional groups attached to an aromatic ring is 1. The predicted octanol–water partition coefficient (Wildman–Crippen LogP) is 2.06. The highest BCUT2D eigenvalue weighted by Crippen LogP contribution is 2.29. The molecule has 1 rings (SSSR count). The summed E-state index contributed by atoms with van der Waals surface area (Å²) in [5, 5.41) is 0. The van der Waals surface area contributed by atoms with Gasteiger partial charge in [0.25, 0.3) is 6.43 Å². The van der Waals surface area contributed by atoms with Crippen LogP contribution in [0.15, 0.2) is 6.07 Å². The molecule has 0 saturated carbocycles. The van der Waals surface area contributed by atoms with Gasteiger partial charge < -0.3 is 10.5 Å². The van der Waals surface area contributed by atoms with E-state index in [4.69, 9.17) is 17.3 Å². The van der Waals surface area contributed by atoms with Crippen LogP contribution in [0.4, 0.5) is 14.5 Å². The van der Waals surface area contributed by atoms with Crippen LogP contribution < -0.4 is 5.73 Å². The molecule has 0 aliphatic heterocycles. The van der Waals surface area contributed by atoms with Crippen molar-refractivity contribution in [2.75, 3.05) is 12.8 Å². The number of ether oxygens (including phenoxy) is 1. The first kappa shape index (κ1) is 13.6. The van der Waals surface area contributed by atoms with E-state index in [9.17, 15) is 13.6 Å². The molecule has 4 nitrogen and oxygen atoms in total. The first-order chi connectivity index (χ1) is 7.99. The molecule has 0 atom stereocenters. The lowest BCUT2D eigenvalue weighted by atomic mass is 10.1. The monoisotopic (exact) mass is 264 g/mol. The van der Waals surface area contributed by atoms with E-state index in [-0.39, 0.29) is 34.9 Å². The number of alkyl halides is 3. The third-order valence-electron chi connectivity index (χ3n) is 2.12. The summed E-state index contributed by atoms with van der Waals surface area (Å²) in [6, 6.07) is 1.23. The molecule has 0 unspecified atom stereocenters. The molecule has 1 aromatic rings. The van der Waals surface area contributed by atoms with Gasteiger partial charge in [-0.2, -0.15) is 0 Å². The number of methoxy groups -OCH3 is 1. The summed E-state index contributed by atoms with van der Waals surface area (Å²) >= 11 is 5.52. The number of pyridine rings is 1. The first-order valence-corrected chi connectivity index (χ1v) is 5.22. The van der Waals surface area contributed by atoms with Gasteiger partial charge in [-0.25, -0.2) is 8.78 Å². The zero-order valence-corrected chi connectivity index (χ0v) is 9.80. The van der Waals surface area contributed by atoms with Crippen LogP contribution in [0.3, 0.4) is 0 Å².